The molecule has 1 aromatic heterocycles. The summed E-state index contributed by atoms with van der Waals surface area (Å²) < 4.78 is 1.96. The van der Waals surface area contributed by atoms with Crippen LogP contribution in [0.25, 0.3) is 0 Å². The predicted molar refractivity (Wildman–Crippen MR) is 46.4 cm³/mol. The summed E-state index contributed by atoms with van der Waals surface area (Å²) in [5, 5.41) is 0. The first-order chi connectivity index (χ1) is 5.20. The molecule has 11 heavy (non-hydrogen) atoms. The SMILES string of the molecule is CCc1nc(CC)n(C)c1N. The smallest absolute Gasteiger partial charge is 0.126 e. The Balaban J connectivity index is 3.12. The third-order valence-corrected chi connectivity index (χ3v) is 1.96. The molecule has 0 saturated heterocycles. The highest BCUT2D eigenvalue weighted by molar-refractivity contribution is 5.37. The second-order valence-electron chi connectivity index (χ2n) is 2.63. The van der Waals surface area contributed by atoms with Crippen molar-refractivity contribution in [3.63, 3.8) is 0 Å². The van der Waals surface area contributed by atoms with Crippen molar-refractivity contribution in [2.24, 2.45) is 7.05 Å². The van der Waals surface area contributed by atoms with Gasteiger partial charge in [-0.15, -0.1) is 0 Å². The predicted octanol–water partition coefficient (Wildman–Crippen LogP) is 1.13. The molecule has 2 N–H and O–H groups in total. The summed E-state index contributed by atoms with van der Waals surface area (Å²) in [5.74, 6) is 1.88. The number of nitrogens with zero attached hydrogens (tertiary/aromatic N) is 2. The topological polar surface area (TPSA) is 43.8 Å². The molecule has 0 saturated carbocycles. The quantitative estimate of drug-likeness (QED) is 0.692. The molecule has 3 nitrogen and oxygen atoms in total. The Morgan fingerprint density at radius 2 is 2.00 bits per heavy atom. The highest BCUT2D eigenvalue weighted by Crippen LogP contribution is 2.12. The molecule has 0 bridgehead atoms. The molecule has 0 aliphatic carbocycles. The summed E-state index contributed by atoms with van der Waals surface area (Å²) in [5.41, 5.74) is 6.81. The largest absolute Gasteiger partial charge is 0.384 e. The lowest BCUT2D eigenvalue weighted by molar-refractivity contribution is 0.815. The number of anilines is 1. The van der Waals surface area contributed by atoms with Crippen molar-refractivity contribution < 1.29 is 0 Å². The van der Waals surface area contributed by atoms with Gasteiger partial charge >= 0.3 is 0 Å². The minimum Gasteiger partial charge on any atom is -0.384 e. The number of imidazole rings is 1. The van der Waals surface area contributed by atoms with Crippen LogP contribution >= 0.6 is 0 Å². The van der Waals surface area contributed by atoms with E-state index in [0.717, 1.165) is 30.2 Å². The molecule has 0 unspecified atom stereocenters. The second-order valence-corrected chi connectivity index (χ2v) is 2.63. The molecule has 0 aliphatic heterocycles. The highest BCUT2D eigenvalue weighted by atomic mass is 15.1. The van der Waals surface area contributed by atoms with Gasteiger partial charge < -0.3 is 10.3 Å². The average Bonchev–Trinajstić information content (AvgIpc) is 2.30. The van der Waals surface area contributed by atoms with Gasteiger partial charge in [0.1, 0.15) is 11.6 Å². The Hall–Kier alpha value is -0.990. The number of aryl methyl sites for hydroxylation is 2. The van der Waals surface area contributed by atoms with Gasteiger partial charge in [0.05, 0.1) is 5.69 Å². The number of nitrogen functional groups attached to an aromatic ring is 1. The number of rotatable bonds is 2. The minimum atomic E-state index is 0.810. The van der Waals surface area contributed by atoms with Crippen molar-refractivity contribution >= 4 is 5.82 Å². The van der Waals surface area contributed by atoms with Crippen LogP contribution in [-0.4, -0.2) is 9.55 Å². The van der Waals surface area contributed by atoms with Crippen molar-refractivity contribution in [2.45, 2.75) is 26.7 Å². The van der Waals surface area contributed by atoms with Crippen molar-refractivity contribution in [2.75, 3.05) is 5.73 Å². The Morgan fingerprint density at radius 3 is 2.27 bits per heavy atom. The standard InChI is InChI=1S/C8H15N3/c1-4-6-8(9)11(3)7(5-2)10-6/h4-5,9H2,1-3H3. The first kappa shape index (κ1) is 8.11. The monoisotopic (exact) mass is 153 g/mol. The van der Waals surface area contributed by atoms with Crippen LogP contribution in [0.4, 0.5) is 5.82 Å². The maximum atomic E-state index is 5.79. The molecule has 0 fully saturated rings. The number of nitrogens with two attached hydrogens (primary N) is 1. The van der Waals surface area contributed by atoms with Gasteiger partial charge in [0.15, 0.2) is 0 Å². The normalized spacial score (nSPS) is 10.5. The molecule has 3 heteroatoms. The molecule has 0 atom stereocenters. The van der Waals surface area contributed by atoms with E-state index >= 15 is 0 Å². The van der Waals surface area contributed by atoms with Gasteiger partial charge in [-0.2, -0.15) is 0 Å². The summed E-state index contributed by atoms with van der Waals surface area (Å²) in [6.07, 6.45) is 1.86. The highest BCUT2D eigenvalue weighted by Gasteiger charge is 2.07. The first-order valence-corrected chi connectivity index (χ1v) is 4.00. The van der Waals surface area contributed by atoms with Crippen molar-refractivity contribution in [1.82, 2.24) is 9.55 Å². The Labute approximate surface area is 67.2 Å². The molecule has 1 rings (SSSR count). The van der Waals surface area contributed by atoms with Crippen LogP contribution in [0.1, 0.15) is 25.4 Å². The summed E-state index contributed by atoms with van der Waals surface area (Å²) >= 11 is 0. The van der Waals surface area contributed by atoms with E-state index in [1.807, 2.05) is 11.6 Å². The molecular formula is C8H15N3. The Kier molecular flexibility index (Phi) is 2.17. The van der Waals surface area contributed by atoms with Gasteiger partial charge in [-0.05, 0) is 6.42 Å². The first-order valence-electron chi connectivity index (χ1n) is 4.00. The maximum absolute atomic E-state index is 5.79. The zero-order chi connectivity index (χ0) is 8.43. The minimum absolute atomic E-state index is 0.810. The van der Waals surface area contributed by atoms with E-state index in [1.165, 1.54) is 0 Å². The van der Waals surface area contributed by atoms with Crippen LogP contribution in [0, 0.1) is 0 Å². The van der Waals surface area contributed by atoms with Crippen LogP contribution in [0.3, 0.4) is 0 Å². The van der Waals surface area contributed by atoms with Crippen molar-refractivity contribution in [3.8, 4) is 0 Å². The number of hydrogen-bond acceptors (Lipinski definition) is 2. The maximum Gasteiger partial charge on any atom is 0.126 e. The lowest BCUT2D eigenvalue weighted by atomic mass is 10.3. The van der Waals surface area contributed by atoms with Gasteiger partial charge in [-0.3, -0.25) is 0 Å². The molecule has 0 amide bonds. The van der Waals surface area contributed by atoms with Crippen LogP contribution < -0.4 is 5.73 Å². The van der Waals surface area contributed by atoms with Gasteiger partial charge in [0, 0.05) is 13.5 Å². The molecule has 1 heterocycles. The summed E-state index contributed by atoms with van der Waals surface area (Å²) in [6, 6.07) is 0. The molecule has 62 valence electrons. The van der Waals surface area contributed by atoms with E-state index in [2.05, 4.69) is 18.8 Å². The molecular weight excluding hydrogens is 138 g/mol. The van der Waals surface area contributed by atoms with E-state index in [0.29, 0.717) is 0 Å². The number of aromatic nitrogens is 2. The van der Waals surface area contributed by atoms with E-state index in [1.54, 1.807) is 0 Å². The van der Waals surface area contributed by atoms with E-state index in [-0.39, 0.29) is 0 Å². The van der Waals surface area contributed by atoms with E-state index < -0.39 is 0 Å². The van der Waals surface area contributed by atoms with E-state index in [4.69, 9.17) is 5.73 Å². The zero-order valence-corrected chi connectivity index (χ0v) is 7.39. The lowest BCUT2D eigenvalue weighted by Crippen LogP contribution is -2.00. The second kappa shape index (κ2) is 2.95. The summed E-state index contributed by atoms with van der Waals surface area (Å²) in [6.45, 7) is 4.15. The van der Waals surface area contributed by atoms with Gasteiger partial charge in [0.2, 0.25) is 0 Å². The molecule has 0 spiro atoms. The van der Waals surface area contributed by atoms with Crippen LogP contribution in [0.5, 0.6) is 0 Å². The van der Waals surface area contributed by atoms with Crippen molar-refractivity contribution in [1.29, 1.82) is 0 Å². The Bertz CT molecular complexity index is 226. The molecule has 1 aromatic rings. The average molecular weight is 153 g/mol. The fraction of sp³-hybridized carbons (Fsp3) is 0.625. The molecule has 0 radical (unpaired) electrons. The van der Waals surface area contributed by atoms with Crippen LogP contribution in [0.2, 0.25) is 0 Å². The summed E-state index contributed by atoms with van der Waals surface area (Å²) in [7, 11) is 1.96. The third-order valence-electron chi connectivity index (χ3n) is 1.96. The summed E-state index contributed by atoms with van der Waals surface area (Å²) in [4.78, 5) is 4.38. The van der Waals surface area contributed by atoms with Gasteiger partial charge in [-0.1, -0.05) is 13.8 Å². The van der Waals surface area contributed by atoms with Gasteiger partial charge in [0.25, 0.3) is 0 Å². The fourth-order valence-corrected chi connectivity index (χ4v) is 1.20. The van der Waals surface area contributed by atoms with Gasteiger partial charge in [-0.25, -0.2) is 4.98 Å². The van der Waals surface area contributed by atoms with Crippen LogP contribution in [0.15, 0.2) is 0 Å². The zero-order valence-electron chi connectivity index (χ0n) is 7.39. The fourth-order valence-electron chi connectivity index (χ4n) is 1.20. The lowest BCUT2D eigenvalue weighted by Gasteiger charge is -1.98. The van der Waals surface area contributed by atoms with E-state index in [9.17, 15) is 0 Å². The molecule has 0 aromatic carbocycles. The Morgan fingerprint density at radius 1 is 1.36 bits per heavy atom. The van der Waals surface area contributed by atoms with Crippen molar-refractivity contribution in [3.05, 3.63) is 11.5 Å². The third kappa shape index (κ3) is 1.23. The molecule has 0 aliphatic rings. The van der Waals surface area contributed by atoms with Crippen LogP contribution in [-0.2, 0) is 19.9 Å². The number of hydrogen-bond donors (Lipinski definition) is 1.